The molecule has 0 heterocycles. The maximum atomic E-state index is 11.6. The Balaban J connectivity index is 3.62. The van der Waals surface area contributed by atoms with Crippen LogP contribution < -0.4 is 5.73 Å². The third-order valence-electron chi connectivity index (χ3n) is 2.64. The van der Waals surface area contributed by atoms with Gasteiger partial charge in [0, 0.05) is 26.1 Å². The van der Waals surface area contributed by atoms with Crippen molar-refractivity contribution in [2.75, 3.05) is 13.6 Å². The van der Waals surface area contributed by atoms with Crippen LogP contribution in [-0.2, 0) is 4.79 Å². The van der Waals surface area contributed by atoms with E-state index in [9.17, 15) is 4.79 Å². The molecule has 0 saturated carbocycles. The Labute approximate surface area is 87.6 Å². The number of hydrogen-bond donors (Lipinski definition) is 1. The molecule has 0 aliphatic rings. The van der Waals surface area contributed by atoms with Gasteiger partial charge >= 0.3 is 0 Å². The van der Waals surface area contributed by atoms with Crippen LogP contribution in [0.3, 0.4) is 0 Å². The number of amides is 1. The molecule has 84 valence electrons. The maximum absolute atomic E-state index is 11.6. The predicted octanol–water partition coefficient (Wildman–Crippen LogP) is 1.76. The van der Waals surface area contributed by atoms with Crippen LogP contribution in [0.25, 0.3) is 0 Å². The van der Waals surface area contributed by atoms with Crippen molar-refractivity contribution < 1.29 is 4.79 Å². The fourth-order valence-corrected chi connectivity index (χ4v) is 1.28. The lowest BCUT2D eigenvalue weighted by Crippen LogP contribution is -2.39. The normalized spacial score (nSPS) is 12.6. The first kappa shape index (κ1) is 13.4. The Kier molecular flexibility index (Phi) is 7.48. The summed E-state index contributed by atoms with van der Waals surface area (Å²) in [5, 5.41) is 0. The fraction of sp³-hybridized carbons (Fsp3) is 0.909. The monoisotopic (exact) mass is 200 g/mol. The first-order valence-corrected chi connectivity index (χ1v) is 5.59. The molecule has 1 atom stereocenters. The van der Waals surface area contributed by atoms with Gasteiger partial charge in [-0.2, -0.15) is 0 Å². The quantitative estimate of drug-likeness (QED) is 0.637. The molecule has 0 aromatic heterocycles. The highest BCUT2D eigenvalue weighted by Gasteiger charge is 2.13. The number of unbranched alkanes of at least 4 members (excludes halogenated alkanes) is 3. The van der Waals surface area contributed by atoms with Crippen molar-refractivity contribution in [1.29, 1.82) is 0 Å². The summed E-state index contributed by atoms with van der Waals surface area (Å²) in [5.41, 5.74) is 5.49. The molecule has 3 nitrogen and oxygen atoms in total. The highest BCUT2D eigenvalue weighted by Crippen LogP contribution is 2.05. The standard InChI is InChI=1S/C11H24N2O/c1-4-5-6-7-8-11(14)13(3)10(2)9-12/h10H,4-9,12H2,1-3H3. The fourth-order valence-electron chi connectivity index (χ4n) is 1.28. The number of likely N-dealkylation sites (N-methyl/N-ethyl adjacent to an activating group) is 1. The number of rotatable bonds is 7. The maximum Gasteiger partial charge on any atom is 0.222 e. The zero-order valence-corrected chi connectivity index (χ0v) is 9.75. The molecular formula is C11H24N2O. The van der Waals surface area contributed by atoms with E-state index in [-0.39, 0.29) is 11.9 Å². The molecule has 2 N–H and O–H groups in total. The van der Waals surface area contributed by atoms with Crippen molar-refractivity contribution in [3.05, 3.63) is 0 Å². The topological polar surface area (TPSA) is 46.3 Å². The van der Waals surface area contributed by atoms with Crippen LogP contribution in [0, 0.1) is 0 Å². The van der Waals surface area contributed by atoms with E-state index in [1.807, 2.05) is 14.0 Å². The van der Waals surface area contributed by atoms with Gasteiger partial charge < -0.3 is 10.6 Å². The zero-order valence-electron chi connectivity index (χ0n) is 9.75. The van der Waals surface area contributed by atoms with Crippen molar-refractivity contribution in [2.24, 2.45) is 5.73 Å². The Hall–Kier alpha value is -0.570. The largest absolute Gasteiger partial charge is 0.342 e. The molecule has 0 rings (SSSR count). The average Bonchev–Trinajstić information content (AvgIpc) is 2.21. The Morgan fingerprint density at radius 3 is 2.50 bits per heavy atom. The zero-order chi connectivity index (χ0) is 11.0. The molecule has 0 aliphatic carbocycles. The summed E-state index contributed by atoms with van der Waals surface area (Å²) in [6.45, 7) is 4.69. The lowest BCUT2D eigenvalue weighted by molar-refractivity contribution is -0.131. The summed E-state index contributed by atoms with van der Waals surface area (Å²) in [4.78, 5) is 13.3. The summed E-state index contributed by atoms with van der Waals surface area (Å²) >= 11 is 0. The van der Waals surface area contributed by atoms with Gasteiger partial charge in [-0.3, -0.25) is 4.79 Å². The first-order valence-electron chi connectivity index (χ1n) is 5.59. The molecule has 0 aliphatic heterocycles. The van der Waals surface area contributed by atoms with E-state index in [1.165, 1.54) is 12.8 Å². The van der Waals surface area contributed by atoms with Crippen LogP contribution in [0.4, 0.5) is 0 Å². The minimum absolute atomic E-state index is 0.161. The van der Waals surface area contributed by atoms with Gasteiger partial charge in [-0.25, -0.2) is 0 Å². The van der Waals surface area contributed by atoms with E-state index in [0.717, 1.165) is 12.8 Å². The molecule has 3 heteroatoms. The number of carbonyl (C=O) groups excluding carboxylic acids is 1. The van der Waals surface area contributed by atoms with Crippen LogP contribution in [0.1, 0.15) is 46.0 Å². The summed E-state index contributed by atoms with van der Waals surface area (Å²) in [6, 6.07) is 0.161. The number of carbonyl (C=O) groups is 1. The molecule has 0 aromatic carbocycles. The highest BCUT2D eigenvalue weighted by atomic mass is 16.2. The molecule has 14 heavy (non-hydrogen) atoms. The Morgan fingerprint density at radius 2 is 2.00 bits per heavy atom. The lowest BCUT2D eigenvalue weighted by atomic mass is 10.1. The Morgan fingerprint density at radius 1 is 1.36 bits per heavy atom. The molecule has 0 fully saturated rings. The van der Waals surface area contributed by atoms with Gasteiger partial charge in [-0.05, 0) is 13.3 Å². The molecule has 0 saturated heterocycles. The number of hydrogen-bond acceptors (Lipinski definition) is 2. The van der Waals surface area contributed by atoms with Gasteiger partial charge in [0.1, 0.15) is 0 Å². The van der Waals surface area contributed by atoms with E-state index in [2.05, 4.69) is 6.92 Å². The van der Waals surface area contributed by atoms with Gasteiger partial charge in [-0.15, -0.1) is 0 Å². The number of nitrogens with two attached hydrogens (primary N) is 1. The molecule has 1 unspecified atom stereocenters. The second kappa shape index (κ2) is 7.80. The third-order valence-corrected chi connectivity index (χ3v) is 2.64. The van der Waals surface area contributed by atoms with Gasteiger partial charge in [0.25, 0.3) is 0 Å². The molecular weight excluding hydrogens is 176 g/mol. The van der Waals surface area contributed by atoms with E-state index in [0.29, 0.717) is 13.0 Å². The minimum atomic E-state index is 0.161. The van der Waals surface area contributed by atoms with Crippen molar-refractivity contribution in [1.82, 2.24) is 4.90 Å². The lowest BCUT2D eigenvalue weighted by Gasteiger charge is -2.23. The third kappa shape index (κ3) is 5.22. The second-order valence-corrected chi connectivity index (χ2v) is 3.90. The smallest absolute Gasteiger partial charge is 0.222 e. The van der Waals surface area contributed by atoms with Gasteiger partial charge in [0.15, 0.2) is 0 Å². The summed E-state index contributed by atoms with van der Waals surface area (Å²) in [5.74, 6) is 0.221. The Bertz CT molecular complexity index is 159. The van der Waals surface area contributed by atoms with Gasteiger partial charge in [0.05, 0.1) is 0 Å². The SMILES string of the molecule is CCCCCCC(=O)N(C)C(C)CN. The molecule has 0 aromatic rings. The van der Waals surface area contributed by atoms with E-state index in [4.69, 9.17) is 5.73 Å². The molecule has 0 radical (unpaired) electrons. The van der Waals surface area contributed by atoms with Crippen molar-refractivity contribution >= 4 is 5.91 Å². The van der Waals surface area contributed by atoms with Crippen LogP contribution in [-0.4, -0.2) is 30.4 Å². The van der Waals surface area contributed by atoms with E-state index >= 15 is 0 Å². The molecule has 1 amide bonds. The number of nitrogens with zero attached hydrogens (tertiary/aromatic N) is 1. The average molecular weight is 200 g/mol. The van der Waals surface area contributed by atoms with Crippen LogP contribution in [0.15, 0.2) is 0 Å². The van der Waals surface area contributed by atoms with E-state index < -0.39 is 0 Å². The van der Waals surface area contributed by atoms with Gasteiger partial charge in [0.2, 0.25) is 5.91 Å². The predicted molar refractivity (Wildman–Crippen MR) is 60.0 cm³/mol. The van der Waals surface area contributed by atoms with Crippen molar-refractivity contribution in [2.45, 2.75) is 52.0 Å². The van der Waals surface area contributed by atoms with Crippen molar-refractivity contribution in [3.63, 3.8) is 0 Å². The van der Waals surface area contributed by atoms with E-state index in [1.54, 1.807) is 4.90 Å². The molecule has 0 spiro atoms. The molecule has 0 bridgehead atoms. The second-order valence-electron chi connectivity index (χ2n) is 3.90. The minimum Gasteiger partial charge on any atom is -0.342 e. The van der Waals surface area contributed by atoms with Crippen LogP contribution in [0.2, 0.25) is 0 Å². The summed E-state index contributed by atoms with van der Waals surface area (Å²) in [6.07, 6.45) is 5.27. The first-order chi connectivity index (χ1) is 6.63. The van der Waals surface area contributed by atoms with Gasteiger partial charge in [-0.1, -0.05) is 26.2 Å². The van der Waals surface area contributed by atoms with Crippen LogP contribution in [0.5, 0.6) is 0 Å². The van der Waals surface area contributed by atoms with Crippen molar-refractivity contribution in [3.8, 4) is 0 Å². The highest BCUT2D eigenvalue weighted by molar-refractivity contribution is 5.76. The summed E-state index contributed by atoms with van der Waals surface area (Å²) < 4.78 is 0. The summed E-state index contributed by atoms with van der Waals surface area (Å²) in [7, 11) is 1.83. The van der Waals surface area contributed by atoms with Crippen LogP contribution >= 0.6 is 0 Å².